The number of nitrogens with one attached hydrogen (secondary N) is 3. The molecule has 46 heavy (non-hydrogen) atoms. The highest BCUT2D eigenvalue weighted by Crippen LogP contribution is 2.65. The first-order valence-corrected chi connectivity index (χ1v) is 16.5. The molecule has 1 aliphatic heterocycles. The van der Waals surface area contributed by atoms with Gasteiger partial charge in [-0.3, -0.25) is 19.4 Å². The molecular weight excluding hydrogens is 579 g/mol. The lowest BCUT2D eigenvalue weighted by Gasteiger charge is -2.64. The van der Waals surface area contributed by atoms with Crippen molar-refractivity contribution in [3.05, 3.63) is 77.5 Å². The van der Waals surface area contributed by atoms with E-state index in [2.05, 4.69) is 55.6 Å². The number of amides is 3. The molecule has 1 saturated heterocycles. The number of aromatic nitrogens is 1. The van der Waals surface area contributed by atoms with Crippen molar-refractivity contribution in [1.82, 2.24) is 20.9 Å². The van der Waals surface area contributed by atoms with Gasteiger partial charge in [0.15, 0.2) is 0 Å². The van der Waals surface area contributed by atoms with E-state index in [-0.39, 0.29) is 29.9 Å². The van der Waals surface area contributed by atoms with Gasteiger partial charge in [-0.25, -0.2) is 0 Å². The van der Waals surface area contributed by atoms with Crippen molar-refractivity contribution in [3.63, 3.8) is 0 Å². The van der Waals surface area contributed by atoms with Crippen molar-refractivity contribution in [2.45, 2.75) is 84.5 Å². The minimum Gasteiger partial charge on any atom is -0.404 e. The number of pyridine rings is 1. The number of hydrogen-bond donors (Lipinski definition) is 3. The zero-order valence-electron chi connectivity index (χ0n) is 27.6. The lowest BCUT2D eigenvalue weighted by atomic mass is 9.43. The van der Waals surface area contributed by atoms with Crippen LogP contribution in [-0.4, -0.2) is 60.1 Å². The fraction of sp³-hybridized carbons (Fsp3) is 0.500. The van der Waals surface area contributed by atoms with Crippen molar-refractivity contribution in [1.29, 1.82) is 0 Å². The van der Waals surface area contributed by atoms with Gasteiger partial charge in [0.1, 0.15) is 6.04 Å². The Morgan fingerprint density at radius 2 is 1.72 bits per heavy atom. The summed E-state index contributed by atoms with van der Waals surface area (Å²) >= 11 is 0. The summed E-state index contributed by atoms with van der Waals surface area (Å²) < 4.78 is 13.3. The van der Waals surface area contributed by atoms with Gasteiger partial charge in [-0.1, -0.05) is 63.6 Å². The van der Waals surface area contributed by atoms with Crippen molar-refractivity contribution in [2.24, 2.45) is 23.2 Å². The Hall–Kier alpha value is -3.76. The summed E-state index contributed by atoms with van der Waals surface area (Å²) in [4.78, 5) is 45.0. The molecule has 0 spiro atoms. The largest absolute Gasteiger partial charge is 0.481 e. The summed E-state index contributed by atoms with van der Waals surface area (Å²) in [5.41, 5.74) is 2.37. The fourth-order valence-electron chi connectivity index (χ4n) is 7.75. The molecule has 6 atom stereocenters. The van der Waals surface area contributed by atoms with Crippen LogP contribution in [0, 0.1) is 30.1 Å². The average Bonchev–Trinajstić information content (AvgIpc) is 3.39. The van der Waals surface area contributed by atoms with Crippen LogP contribution >= 0.6 is 0 Å². The maximum atomic E-state index is 14.0. The van der Waals surface area contributed by atoms with Gasteiger partial charge in [0, 0.05) is 23.7 Å². The van der Waals surface area contributed by atoms with E-state index in [1.165, 1.54) is 6.20 Å². The van der Waals surface area contributed by atoms with E-state index < -0.39 is 36.5 Å². The summed E-state index contributed by atoms with van der Waals surface area (Å²) in [5, 5.41) is 9.67. The van der Waals surface area contributed by atoms with Crippen LogP contribution in [0.2, 0.25) is 0 Å². The predicted molar refractivity (Wildman–Crippen MR) is 178 cm³/mol. The number of fused-ring (bicyclic) bond motifs is 1. The van der Waals surface area contributed by atoms with Crippen LogP contribution in [0.3, 0.4) is 0 Å². The number of aryl methyl sites for hydroxylation is 1. The highest BCUT2D eigenvalue weighted by Gasteiger charge is 2.68. The number of rotatable bonds is 10. The lowest BCUT2D eigenvalue weighted by molar-refractivity contribution is -0.199. The van der Waals surface area contributed by atoms with Crippen molar-refractivity contribution < 1.29 is 23.7 Å². The quantitative estimate of drug-likeness (QED) is 0.277. The first-order valence-electron chi connectivity index (χ1n) is 16.5. The minimum atomic E-state index is -1.06. The number of hydrogen-bond acceptors (Lipinski definition) is 6. The van der Waals surface area contributed by atoms with E-state index in [1.807, 2.05) is 43.3 Å². The monoisotopic (exact) mass is 624 g/mol. The summed E-state index contributed by atoms with van der Waals surface area (Å²) in [5.74, 6) is -0.410. The number of carbonyl (C=O) groups is 3. The number of nitrogens with zero attached hydrogens (tertiary/aromatic N) is 1. The third kappa shape index (κ3) is 6.17. The zero-order valence-corrected chi connectivity index (χ0v) is 27.6. The molecule has 10 heteroatoms. The molecule has 0 unspecified atom stereocenters. The summed E-state index contributed by atoms with van der Waals surface area (Å²) in [7, 11) is -0.611. The Morgan fingerprint density at radius 1 is 0.978 bits per heavy atom. The molecule has 4 fully saturated rings. The molecule has 3 aliphatic carbocycles. The van der Waals surface area contributed by atoms with E-state index >= 15 is 0 Å². The molecule has 242 valence electrons. The molecule has 4 aliphatic rings. The first-order chi connectivity index (χ1) is 21.8. The number of para-hydroxylation sites is 1. The second-order valence-electron chi connectivity index (χ2n) is 14.6. The maximum absolute atomic E-state index is 14.0. The molecule has 3 amide bonds. The van der Waals surface area contributed by atoms with Crippen molar-refractivity contribution >= 4 is 35.7 Å². The normalized spacial score (nSPS) is 25.7. The van der Waals surface area contributed by atoms with Gasteiger partial charge >= 0.3 is 7.12 Å². The lowest BCUT2D eigenvalue weighted by Crippen LogP contribution is -2.65. The molecule has 0 radical (unpaired) electrons. The van der Waals surface area contributed by atoms with Crippen LogP contribution in [0.15, 0.2) is 60.8 Å². The zero-order chi connectivity index (χ0) is 32.8. The standard InChI is InChI=1S/C36H45BN4O5/c1-21(2)15-31(37-45-30-18-26-17-29(35(26,4)5)36(30,6)46-37)41-34(44)28(20-39-32(42)23-13-11-22(3)12-14-23)40-33(43)25-16-24-9-7-8-10-27(24)38-19-25/h7-14,16,19,21,26,28-31H,15,17-18,20H2,1-6H3,(H,39,42)(H,40,43)(H,41,44)/t26-,28+,29+,30-,31+,36+/m1/s1. The highest BCUT2D eigenvalue weighted by atomic mass is 16.7. The smallest absolute Gasteiger partial charge is 0.404 e. The van der Waals surface area contributed by atoms with Crippen LogP contribution < -0.4 is 16.0 Å². The Morgan fingerprint density at radius 3 is 2.43 bits per heavy atom. The van der Waals surface area contributed by atoms with E-state index in [1.54, 1.807) is 18.2 Å². The average molecular weight is 625 g/mol. The van der Waals surface area contributed by atoms with Gasteiger partial charge in [-0.05, 0) is 80.5 Å². The first kappa shape index (κ1) is 32.2. The van der Waals surface area contributed by atoms with Crippen molar-refractivity contribution in [2.75, 3.05) is 6.54 Å². The number of benzene rings is 2. The Labute approximate surface area is 271 Å². The van der Waals surface area contributed by atoms with E-state index in [0.717, 1.165) is 29.3 Å². The fourth-order valence-corrected chi connectivity index (χ4v) is 7.75. The van der Waals surface area contributed by atoms with Crippen molar-refractivity contribution in [3.8, 4) is 0 Å². The maximum Gasteiger partial charge on any atom is 0.481 e. The molecule has 3 N–H and O–H groups in total. The molecule has 7 rings (SSSR count). The molecule has 2 aromatic carbocycles. The van der Waals surface area contributed by atoms with Crippen LogP contribution in [-0.2, 0) is 14.1 Å². The van der Waals surface area contributed by atoms with E-state index in [4.69, 9.17) is 9.31 Å². The van der Waals surface area contributed by atoms with E-state index in [9.17, 15) is 14.4 Å². The van der Waals surface area contributed by atoms with Gasteiger partial charge < -0.3 is 25.3 Å². The molecule has 2 bridgehead atoms. The third-order valence-corrected chi connectivity index (χ3v) is 10.6. The number of carbonyl (C=O) groups excluding carboxylic acids is 3. The van der Waals surface area contributed by atoms with Crippen LogP contribution in [0.4, 0.5) is 0 Å². The third-order valence-electron chi connectivity index (χ3n) is 10.6. The Kier molecular flexibility index (Phi) is 8.72. The summed E-state index contributed by atoms with van der Waals surface area (Å²) in [6, 6.07) is 15.4. The topological polar surface area (TPSA) is 119 Å². The highest BCUT2D eigenvalue weighted by molar-refractivity contribution is 6.48. The van der Waals surface area contributed by atoms with Gasteiger partial charge in [0.25, 0.3) is 11.8 Å². The molecule has 3 saturated carbocycles. The second kappa shape index (κ2) is 12.5. The summed E-state index contributed by atoms with van der Waals surface area (Å²) in [6.07, 6.45) is 4.18. The Bertz CT molecular complexity index is 1630. The molecule has 1 aromatic heterocycles. The van der Waals surface area contributed by atoms with Crippen LogP contribution in [0.5, 0.6) is 0 Å². The molecular formula is C36H45BN4O5. The van der Waals surface area contributed by atoms with Crippen LogP contribution in [0.25, 0.3) is 10.9 Å². The van der Waals surface area contributed by atoms with Gasteiger partial charge in [0.05, 0.1) is 28.7 Å². The van der Waals surface area contributed by atoms with Crippen LogP contribution in [0.1, 0.15) is 80.2 Å². The summed E-state index contributed by atoms with van der Waals surface area (Å²) in [6.45, 7) is 12.8. The second-order valence-corrected chi connectivity index (χ2v) is 14.6. The Balaban J connectivity index is 1.21. The van der Waals surface area contributed by atoms with E-state index in [0.29, 0.717) is 29.4 Å². The molecule has 9 nitrogen and oxygen atoms in total. The SMILES string of the molecule is Cc1ccc(C(=O)NC[C@H](NC(=O)c2cnc3ccccc3c2)C(=O)N[C@@H](CC(C)C)B2O[C@@H]3C[C@H]4C[C@@H](C4(C)C)[C@]3(C)O2)cc1. The molecule has 2 heterocycles. The minimum absolute atomic E-state index is 0.0226. The molecule has 3 aromatic rings. The van der Waals surface area contributed by atoms with Gasteiger partial charge in [0.2, 0.25) is 5.91 Å². The van der Waals surface area contributed by atoms with Gasteiger partial charge in [-0.2, -0.15) is 0 Å². The predicted octanol–water partition coefficient (Wildman–Crippen LogP) is 4.87. The van der Waals surface area contributed by atoms with Gasteiger partial charge in [-0.15, -0.1) is 0 Å².